The van der Waals surface area contributed by atoms with Gasteiger partial charge in [0, 0.05) is 41.8 Å². The number of aromatic nitrogens is 2. The SMILES string of the molecule is CC1(C)CC(=O)c2c([nH]c(-c3ccncc3)c2Nc2cccc(OCc3ccccc3)c2)C1. The average molecular weight is 438 g/mol. The maximum Gasteiger partial charge on any atom is 0.167 e. The van der Waals surface area contributed by atoms with Gasteiger partial charge in [0.05, 0.1) is 16.9 Å². The zero-order chi connectivity index (χ0) is 22.8. The van der Waals surface area contributed by atoms with Crippen LogP contribution in [0, 0.1) is 5.41 Å². The van der Waals surface area contributed by atoms with Gasteiger partial charge >= 0.3 is 0 Å². The third-order valence-corrected chi connectivity index (χ3v) is 5.97. The first-order valence-electron chi connectivity index (χ1n) is 11.2. The van der Waals surface area contributed by atoms with Crippen LogP contribution in [0.4, 0.5) is 11.4 Å². The summed E-state index contributed by atoms with van der Waals surface area (Å²) in [7, 11) is 0. The Morgan fingerprint density at radius 3 is 2.58 bits per heavy atom. The van der Waals surface area contributed by atoms with E-state index in [1.807, 2.05) is 66.7 Å². The first-order chi connectivity index (χ1) is 16.0. The first-order valence-corrected chi connectivity index (χ1v) is 11.2. The van der Waals surface area contributed by atoms with Crippen molar-refractivity contribution in [2.75, 3.05) is 5.32 Å². The molecule has 2 aromatic heterocycles. The molecule has 0 radical (unpaired) electrons. The van der Waals surface area contributed by atoms with E-state index in [0.29, 0.717) is 13.0 Å². The monoisotopic (exact) mass is 437 g/mol. The first kappa shape index (κ1) is 21.0. The quantitative estimate of drug-likeness (QED) is 0.359. The second-order valence-electron chi connectivity index (χ2n) is 9.33. The summed E-state index contributed by atoms with van der Waals surface area (Å²) in [5.41, 5.74) is 6.38. The molecule has 0 saturated heterocycles. The van der Waals surface area contributed by atoms with Crippen LogP contribution in [0.2, 0.25) is 0 Å². The van der Waals surface area contributed by atoms with Crippen molar-refractivity contribution in [2.45, 2.75) is 33.3 Å². The summed E-state index contributed by atoms with van der Waals surface area (Å²) >= 11 is 0. The highest BCUT2D eigenvalue weighted by atomic mass is 16.5. The number of aromatic amines is 1. The predicted octanol–water partition coefficient (Wildman–Crippen LogP) is 6.55. The van der Waals surface area contributed by atoms with E-state index in [1.165, 1.54) is 0 Å². The molecule has 0 saturated carbocycles. The van der Waals surface area contributed by atoms with E-state index >= 15 is 0 Å². The smallest absolute Gasteiger partial charge is 0.167 e. The summed E-state index contributed by atoms with van der Waals surface area (Å²) in [4.78, 5) is 20.9. The number of pyridine rings is 1. The molecule has 2 heterocycles. The number of nitrogens with zero attached hydrogens (tertiary/aromatic N) is 1. The van der Waals surface area contributed by atoms with Gasteiger partial charge in [-0.3, -0.25) is 9.78 Å². The van der Waals surface area contributed by atoms with Crippen molar-refractivity contribution in [3.63, 3.8) is 0 Å². The van der Waals surface area contributed by atoms with Gasteiger partial charge in [0.15, 0.2) is 5.78 Å². The molecule has 5 rings (SSSR count). The van der Waals surface area contributed by atoms with Crippen molar-refractivity contribution in [2.24, 2.45) is 5.41 Å². The van der Waals surface area contributed by atoms with Crippen LogP contribution in [0.5, 0.6) is 5.75 Å². The molecule has 33 heavy (non-hydrogen) atoms. The molecule has 0 aliphatic heterocycles. The Kier molecular flexibility index (Phi) is 5.47. The second-order valence-corrected chi connectivity index (χ2v) is 9.33. The molecule has 0 atom stereocenters. The van der Waals surface area contributed by atoms with Gasteiger partial charge in [-0.2, -0.15) is 0 Å². The molecule has 0 bridgehead atoms. The van der Waals surface area contributed by atoms with Crippen LogP contribution >= 0.6 is 0 Å². The van der Waals surface area contributed by atoms with Gasteiger partial charge < -0.3 is 15.0 Å². The number of H-pyrrole nitrogens is 1. The molecule has 2 N–H and O–H groups in total. The van der Waals surface area contributed by atoms with Crippen LogP contribution in [-0.2, 0) is 13.0 Å². The third kappa shape index (κ3) is 4.53. The van der Waals surface area contributed by atoms with Crippen LogP contribution in [0.3, 0.4) is 0 Å². The Hall–Kier alpha value is -3.86. The number of ketones is 1. The fourth-order valence-electron chi connectivity index (χ4n) is 4.47. The Morgan fingerprint density at radius 1 is 1.00 bits per heavy atom. The van der Waals surface area contributed by atoms with Crippen LogP contribution in [-0.4, -0.2) is 15.8 Å². The maximum absolute atomic E-state index is 13.2. The highest BCUT2D eigenvalue weighted by molar-refractivity contribution is 6.07. The second kappa shape index (κ2) is 8.58. The van der Waals surface area contributed by atoms with Gasteiger partial charge in [-0.1, -0.05) is 50.2 Å². The minimum atomic E-state index is -0.0626. The minimum absolute atomic E-state index is 0.0626. The van der Waals surface area contributed by atoms with E-state index in [1.54, 1.807) is 12.4 Å². The van der Waals surface area contributed by atoms with Crippen molar-refractivity contribution in [3.05, 3.63) is 95.9 Å². The number of fused-ring (bicyclic) bond motifs is 1. The van der Waals surface area contributed by atoms with Crippen LogP contribution in [0.25, 0.3) is 11.3 Å². The number of benzene rings is 2. The lowest BCUT2D eigenvalue weighted by Crippen LogP contribution is -2.26. The highest BCUT2D eigenvalue weighted by Gasteiger charge is 2.35. The number of nitrogens with one attached hydrogen (secondary N) is 2. The molecule has 0 spiro atoms. The summed E-state index contributed by atoms with van der Waals surface area (Å²) in [6.07, 6.45) is 4.89. The number of Topliss-reactive ketones (excluding diaryl/α,β-unsaturated/α-hetero) is 1. The lowest BCUT2D eigenvalue weighted by molar-refractivity contribution is 0.0912. The standard InChI is InChI=1S/C28H27N3O2/c1-28(2)16-23-25(24(32)17-28)27(26(31-23)20-11-13-29-14-12-20)30-21-9-6-10-22(15-21)33-18-19-7-4-3-5-8-19/h3-15,30-31H,16-18H2,1-2H3. The van der Waals surface area contributed by atoms with Crippen molar-refractivity contribution in [1.82, 2.24) is 9.97 Å². The largest absolute Gasteiger partial charge is 0.489 e. The van der Waals surface area contributed by atoms with Crippen molar-refractivity contribution in [3.8, 4) is 17.0 Å². The summed E-state index contributed by atoms with van der Waals surface area (Å²) in [5, 5.41) is 3.52. The summed E-state index contributed by atoms with van der Waals surface area (Å²) < 4.78 is 6.00. The van der Waals surface area contributed by atoms with Gasteiger partial charge in [-0.15, -0.1) is 0 Å². The van der Waals surface area contributed by atoms with E-state index in [4.69, 9.17) is 4.74 Å². The highest BCUT2D eigenvalue weighted by Crippen LogP contribution is 2.43. The fraction of sp³-hybridized carbons (Fsp3) is 0.214. The van der Waals surface area contributed by atoms with Crippen molar-refractivity contribution in [1.29, 1.82) is 0 Å². The number of anilines is 2. The van der Waals surface area contributed by atoms with Gasteiger partial charge in [0.25, 0.3) is 0 Å². The zero-order valence-electron chi connectivity index (χ0n) is 18.9. The van der Waals surface area contributed by atoms with Gasteiger partial charge in [0.1, 0.15) is 12.4 Å². The molecule has 4 aromatic rings. The van der Waals surface area contributed by atoms with Crippen LogP contribution < -0.4 is 10.1 Å². The molecule has 166 valence electrons. The van der Waals surface area contributed by atoms with E-state index in [9.17, 15) is 4.79 Å². The molecular formula is C28H27N3O2. The van der Waals surface area contributed by atoms with E-state index < -0.39 is 0 Å². The summed E-state index contributed by atoms with van der Waals surface area (Å²) in [6.45, 7) is 4.78. The molecule has 5 heteroatoms. The number of hydrogen-bond donors (Lipinski definition) is 2. The topological polar surface area (TPSA) is 67.0 Å². The number of ether oxygens (including phenoxy) is 1. The van der Waals surface area contributed by atoms with E-state index in [2.05, 4.69) is 29.1 Å². The van der Waals surface area contributed by atoms with Crippen LogP contribution in [0.1, 0.15) is 41.9 Å². The number of rotatable bonds is 6. The lowest BCUT2D eigenvalue weighted by atomic mass is 9.76. The lowest BCUT2D eigenvalue weighted by Gasteiger charge is -2.28. The molecule has 0 unspecified atom stereocenters. The molecule has 1 aliphatic carbocycles. The molecule has 1 aliphatic rings. The number of carbonyl (C=O) groups is 1. The zero-order valence-corrected chi connectivity index (χ0v) is 18.9. The minimum Gasteiger partial charge on any atom is -0.489 e. The maximum atomic E-state index is 13.2. The van der Waals surface area contributed by atoms with Crippen LogP contribution in [0.15, 0.2) is 79.1 Å². The number of carbonyl (C=O) groups excluding carboxylic acids is 1. The molecule has 0 fully saturated rings. The molecule has 2 aromatic carbocycles. The summed E-state index contributed by atoms with van der Waals surface area (Å²) in [5.74, 6) is 0.933. The Bertz CT molecular complexity index is 1280. The van der Waals surface area contributed by atoms with E-state index in [-0.39, 0.29) is 11.2 Å². The average Bonchev–Trinajstić information content (AvgIpc) is 3.16. The Morgan fingerprint density at radius 2 is 1.79 bits per heavy atom. The van der Waals surface area contributed by atoms with Gasteiger partial charge in [0.2, 0.25) is 0 Å². The molecule has 5 nitrogen and oxygen atoms in total. The van der Waals surface area contributed by atoms with Gasteiger partial charge in [-0.05, 0) is 41.7 Å². The normalized spacial score (nSPS) is 14.5. The Labute approximate surface area is 193 Å². The summed E-state index contributed by atoms with van der Waals surface area (Å²) in [6, 6.07) is 21.9. The number of hydrogen-bond acceptors (Lipinski definition) is 4. The predicted molar refractivity (Wildman–Crippen MR) is 131 cm³/mol. The van der Waals surface area contributed by atoms with Gasteiger partial charge in [-0.25, -0.2) is 0 Å². The van der Waals surface area contributed by atoms with Crippen molar-refractivity contribution >= 4 is 17.2 Å². The third-order valence-electron chi connectivity index (χ3n) is 5.97. The molecule has 0 amide bonds. The van der Waals surface area contributed by atoms with E-state index in [0.717, 1.165) is 51.6 Å². The fourth-order valence-corrected chi connectivity index (χ4v) is 4.47. The Balaban J connectivity index is 1.48. The molecular weight excluding hydrogens is 410 g/mol. The van der Waals surface area contributed by atoms with Crippen molar-refractivity contribution < 1.29 is 9.53 Å².